The fourth-order valence-electron chi connectivity index (χ4n) is 3.54. The number of nitrogens with two attached hydrogens (primary N) is 1. The van der Waals surface area contributed by atoms with Crippen molar-refractivity contribution in [1.82, 2.24) is 15.0 Å². The first-order chi connectivity index (χ1) is 11.8. The van der Waals surface area contributed by atoms with E-state index in [0.717, 1.165) is 42.3 Å². The van der Waals surface area contributed by atoms with Crippen molar-refractivity contribution in [2.45, 2.75) is 44.2 Å². The van der Waals surface area contributed by atoms with Crippen molar-refractivity contribution in [2.75, 3.05) is 18.5 Å². The number of hydrogen-bond acceptors (Lipinski definition) is 6. The van der Waals surface area contributed by atoms with E-state index >= 15 is 0 Å². The van der Waals surface area contributed by atoms with Gasteiger partial charge in [0.15, 0.2) is 0 Å². The second kappa shape index (κ2) is 6.83. The topological polar surface area (TPSA) is 86.0 Å². The first kappa shape index (κ1) is 15.5. The quantitative estimate of drug-likeness (QED) is 0.902. The maximum absolute atomic E-state index is 6.24. The van der Waals surface area contributed by atoms with E-state index in [2.05, 4.69) is 21.4 Å². The van der Waals surface area contributed by atoms with Crippen LogP contribution in [0.5, 0.6) is 0 Å². The van der Waals surface area contributed by atoms with Gasteiger partial charge < -0.3 is 15.8 Å². The largest absolute Gasteiger partial charge is 0.377 e. The Bertz CT molecular complexity index is 760. The van der Waals surface area contributed by atoms with Crippen molar-refractivity contribution in [3.05, 3.63) is 30.2 Å². The average molecular weight is 325 g/mol. The van der Waals surface area contributed by atoms with Crippen molar-refractivity contribution < 1.29 is 4.74 Å². The molecule has 0 aromatic carbocycles. The molecule has 6 heteroatoms. The fourth-order valence-corrected chi connectivity index (χ4v) is 3.54. The molecule has 3 N–H and O–H groups in total. The molecule has 1 aliphatic heterocycles. The van der Waals surface area contributed by atoms with Crippen molar-refractivity contribution in [1.29, 1.82) is 0 Å². The van der Waals surface area contributed by atoms with Crippen LogP contribution in [0.3, 0.4) is 0 Å². The third-order valence-electron chi connectivity index (χ3n) is 4.93. The fraction of sp³-hybridized carbons (Fsp3) is 0.500. The number of pyridine rings is 1. The van der Waals surface area contributed by atoms with Crippen LogP contribution in [-0.4, -0.2) is 40.2 Å². The molecule has 0 radical (unpaired) electrons. The normalized spacial score (nSPS) is 24.6. The van der Waals surface area contributed by atoms with E-state index in [0.29, 0.717) is 12.6 Å². The van der Waals surface area contributed by atoms with Gasteiger partial charge in [0, 0.05) is 41.6 Å². The Morgan fingerprint density at radius 1 is 1.17 bits per heavy atom. The number of ether oxygens (including phenoxy) is 1. The van der Waals surface area contributed by atoms with Crippen LogP contribution in [0.2, 0.25) is 0 Å². The van der Waals surface area contributed by atoms with E-state index in [1.165, 1.54) is 18.4 Å². The molecule has 0 spiro atoms. The number of rotatable bonds is 3. The molecule has 126 valence electrons. The molecule has 4 rings (SSSR count). The highest BCUT2D eigenvalue weighted by Gasteiger charge is 2.22. The molecule has 2 aliphatic rings. The second-order valence-electron chi connectivity index (χ2n) is 6.57. The maximum Gasteiger partial charge on any atom is 0.223 e. The highest BCUT2D eigenvalue weighted by molar-refractivity contribution is 5.90. The Hall–Kier alpha value is -2.05. The summed E-state index contributed by atoms with van der Waals surface area (Å²) in [4.78, 5) is 13.6. The van der Waals surface area contributed by atoms with Gasteiger partial charge in [-0.2, -0.15) is 0 Å². The predicted octanol–water partition coefficient (Wildman–Crippen LogP) is 2.51. The number of hydrogen-bond donors (Lipinski definition) is 2. The lowest BCUT2D eigenvalue weighted by Crippen LogP contribution is -2.42. The number of aromatic nitrogens is 3. The molecule has 3 heterocycles. The van der Waals surface area contributed by atoms with E-state index in [1.807, 2.05) is 18.6 Å². The summed E-state index contributed by atoms with van der Waals surface area (Å²) in [7, 11) is 0. The molecule has 0 amide bonds. The van der Waals surface area contributed by atoms with Crippen LogP contribution in [0.25, 0.3) is 16.5 Å². The molecule has 1 aliphatic carbocycles. The van der Waals surface area contributed by atoms with Gasteiger partial charge in [-0.3, -0.25) is 4.98 Å². The molecule has 0 unspecified atom stereocenters. The highest BCUT2D eigenvalue weighted by atomic mass is 16.5. The van der Waals surface area contributed by atoms with Crippen LogP contribution in [-0.2, 0) is 4.74 Å². The maximum atomic E-state index is 6.24. The van der Waals surface area contributed by atoms with Crippen LogP contribution >= 0.6 is 0 Å². The van der Waals surface area contributed by atoms with Gasteiger partial charge in [0.2, 0.25) is 5.95 Å². The SMILES string of the molecule is N[C@H]1CCCC[C@H]1Nc1ncc2cncc(C3=CCOCC3)c2n1. The van der Waals surface area contributed by atoms with Gasteiger partial charge >= 0.3 is 0 Å². The summed E-state index contributed by atoms with van der Waals surface area (Å²) in [6, 6.07) is 0.428. The Balaban J connectivity index is 1.67. The smallest absolute Gasteiger partial charge is 0.223 e. The standard InChI is InChI=1S/C18H23N5O/c19-15-3-1-2-4-16(15)22-18-21-10-13-9-20-11-14(17(13)23-18)12-5-7-24-8-6-12/h5,9-11,15-16H,1-4,6-8,19H2,(H,21,22,23)/t15-,16+/m0/s1. The van der Waals surface area contributed by atoms with Gasteiger partial charge in [-0.05, 0) is 24.8 Å². The summed E-state index contributed by atoms with van der Waals surface area (Å²) < 4.78 is 5.41. The Morgan fingerprint density at radius 2 is 2.08 bits per heavy atom. The van der Waals surface area contributed by atoms with E-state index < -0.39 is 0 Å². The monoisotopic (exact) mass is 325 g/mol. The molecular formula is C18H23N5O. The van der Waals surface area contributed by atoms with Gasteiger partial charge in [0.25, 0.3) is 0 Å². The molecule has 6 nitrogen and oxygen atoms in total. The summed E-state index contributed by atoms with van der Waals surface area (Å²) >= 11 is 0. The van der Waals surface area contributed by atoms with Crippen LogP contribution in [0, 0.1) is 0 Å². The van der Waals surface area contributed by atoms with E-state index in [-0.39, 0.29) is 12.1 Å². The number of nitrogens with one attached hydrogen (secondary N) is 1. The zero-order chi connectivity index (χ0) is 16.4. The van der Waals surface area contributed by atoms with E-state index in [1.54, 1.807) is 0 Å². The molecule has 2 aromatic rings. The van der Waals surface area contributed by atoms with Gasteiger partial charge in [0.1, 0.15) is 0 Å². The van der Waals surface area contributed by atoms with Gasteiger partial charge in [0.05, 0.1) is 18.7 Å². The molecule has 0 bridgehead atoms. The molecule has 1 saturated carbocycles. The third-order valence-corrected chi connectivity index (χ3v) is 4.93. The number of anilines is 1. The van der Waals surface area contributed by atoms with Gasteiger partial charge in [-0.15, -0.1) is 0 Å². The minimum Gasteiger partial charge on any atom is -0.377 e. The zero-order valence-corrected chi connectivity index (χ0v) is 13.7. The van der Waals surface area contributed by atoms with Crippen LogP contribution in [0.1, 0.15) is 37.7 Å². The van der Waals surface area contributed by atoms with Crippen LogP contribution in [0.15, 0.2) is 24.7 Å². The first-order valence-corrected chi connectivity index (χ1v) is 8.71. The summed E-state index contributed by atoms with van der Waals surface area (Å²) in [5, 5.41) is 4.40. The molecule has 2 atom stereocenters. The van der Waals surface area contributed by atoms with Crippen LogP contribution in [0.4, 0.5) is 5.95 Å². The summed E-state index contributed by atoms with van der Waals surface area (Å²) in [6.45, 7) is 1.40. The lowest BCUT2D eigenvalue weighted by molar-refractivity contribution is 0.161. The zero-order valence-electron chi connectivity index (χ0n) is 13.7. The molecule has 1 fully saturated rings. The molecule has 24 heavy (non-hydrogen) atoms. The van der Waals surface area contributed by atoms with Gasteiger partial charge in [-0.25, -0.2) is 9.97 Å². The summed E-state index contributed by atoms with van der Waals surface area (Å²) in [5.41, 5.74) is 9.51. The van der Waals surface area contributed by atoms with Gasteiger partial charge in [-0.1, -0.05) is 18.9 Å². The van der Waals surface area contributed by atoms with E-state index in [9.17, 15) is 0 Å². The predicted molar refractivity (Wildman–Crippen MR) is 94.6 cm³/mol. The second-order valence-corrected chi connectivity index (χ2v) is 6.57. The molecule has 2 aromatic heterocycles. The third kappa shape index (κ3) is 3.12. The highest BCUT2D eigenvalue weighted by Crippen LogP contribution is 2.27. The molecule has 0 saturated heterocycles. The Kier molecular flexibility index (Phi) is 4.40. The number of fused-ring (bicyclic) bond motifs is 1. The van der Waals surface area contributed by atoms with Crippen molar-refractivity contribution >= 4 is 22.4 Å². The van der Waals surface area contributed by atoms with Crippen molar-refractivity contribution in [3.8, 4) is 0 Å². The lowest BCUT2D eigenvalue weighted by atomic mass is 9.91. The Morgan fingerprint density at radius 3 is 2.92 bits per heavy atom. The minimum absolute atomic E-state index is 0.174. The number of nitrogens with zero attached hydrogens (tertiary/aromatic N) is 3. The lowest BCUT2D eigenvalue weighted by Gasteiger charge is -2.29. The molecular weight excluding hydrogens is 302 g/mol. The van der Waals surface area contributed by atoms with Crippen LogP contribution < -0.4 is 11.1 Å². The van der Waals surface area contributed by atoms with Crippen molar-refractivity contribution in [2.24, 2.45) is 5.73 Å². The summed E-state index contributed by atoms with van der Waals surface area (Å²) in [5.74, 6) is 0.657. The Labute approximate surface area is 141 Å². The van der Waals surface area contributed by atoms with E-state index in [4.69, 9.17) is 15.5 Å². The average Bonchev–Trinajstić information content (AvgIpc) is 2.64. The summed E-state index contributed by atoms with van der Waals surface area (Å²) in [6.07, 6.45) is 13.1. The minimum atomic E-state index is 0.174. The first-order valence-electron chi connectivity index (χ1n) is 8.71. The van der Waals surface area contributed by atoms with Crippen molar-refractivity contribution in [3.63, 3.8) is 0 Å².